The van der Waals surface area contributed by atoms with Crippen molar-refractivity contribution in [2.75, 3.05) is 5.32 Å². The van der Waals surface area contributed by atoms with Gasteiger partial charge >= 0.3 is 11.8 Å². The number of aromatic nitrogens is 5. The number of anilines is 1. The number of carbonyl (C=O) groups excluding carboxylic acids is 2. The molecule has 10 nitrogen and oxygen atoms in total. The van der Waals surface area contributed by atoms with Crippen molar-refractivity contribution >= 4 is 28.7 Å². The van der Waals surface area contributed by atoms with Crippen molar-refractivity contribution in [2.24, 2.45) is 0 Å². The zero-order chi connectivity index (χ0) is 29.3. The van der Waals surface area contributed by atoms with E-state index in [0.29, 0.717) is 39.4 Å². The molecule has 208 valence electrons. The maximum atomic E-state index is 15.1. The smallest absolute Gasteiger partial charge is 0.315 e. The Bertz CT molecular complexity index is 1800. The first kappa shape index (κ1) is 27.3. The Kier molecular flexibility index (Phi) is 7.14. The molecule has 0 unspecified atom stereocenters. The molecular formula is C29H25F2N7O3. The van der Waals surface area contributed by atoms with Gasteiger partial charge in [-0.3, -0.25) is 9.59 Å². The number of hydrogen-bond donors (Lipinski definition) is 3. The van der Waals surface area contributed by atoms with Crippen LogP contribution >= 0.6 is 0 Å². The van der Waals surface area contributed by atoms with E-state index >= 15 is 4.39 Å². The van der Waals surface area contributed by atoms with Crippen LogP contribution in [-0.2, 0) is 16.8 Å². The minimum atomic E-state index is -0.613. The number of H-pyrrole nitrogens is 1. The Balaban J connectivity index is 1.40. The second kappa shape index (κ2) is 10.7. The molecule has 0 bridgehead atoms. The van der Waals surface area contributed by atoms with E-state index in [0.717, 1.165) is 6.08 Å². The number of amides is 2. The molecule has 3 aromatic heterocycles. The zero-order valence-electron chi connectivity index (χ0n) is 22.4. The number of benzene rings is 2. The fourth-order valence-electron chi connectivity index (χ4n) is 4.01. The Labute approximate surface area is 232 Å². The molecular weight excluding hydrogens is 532 g/mol. The third kappa shape index (κ3) is 5.71. The van der Waals surface area contributed by atoms with E-state index in [4.69, 9.17) is 4.52 Å². The Morgan fingerprint density at radius 3 is 2.59 bits per heavy atom. The number of halogens is 2. The highest BCUT2D eigenvalue weighted by Gasteiger charge is 2.24. The highest BCUT2D eigenvalue weighted by molar-refractivity contribution is 6.02. The lowest BCUT2D eigenvalue weighted by Gasteiger charge is -2.10. The van der Waals surface area contributed by atoms with Crippen molar-refractivity contribution < 1.29 is 22.9 Å². The van der Waals surface area contributed by atoms with E-state index in [-0.39, 0.29) is 23.8 Å². The van der Waals surface area contributed by atoms with Gasteiger partial charge in [-0.25, -0.2) is 18.7 Å². The average molecular weight is 558 g/mol. The Hall–Kier alpha value is -5.26. The van der Waals surface area contributed by atoms with E-state index in [9.17, 15) is 14.0 Å². The van der Waals surface area contributed by atoms with E-state index in [1.54, 1.807) is 18.2 Å². The van der Waals surface area contributed by atoms with Gasteiger partial charge in [-0.1, -0.05) is 44.6 Å². The molecule has 0 saturated heterocycles. The fourth-order valence-corrected chi connectivity index (χ4v) is 4.01. The fraction of sp³-hybridized carbons (Fsp3) is 0.172. The number of imidazole rings is 1. The summed E-state index contributed by atoms with van der Waals surface area (Å²) in [4.78, 5) is 40.3. The normalized spacial score (nSPS) is 11.4. The lowest BCUT2D eigenvalue weighted by Crippen LogP contribution is -2.24. The van der Waals surface area contributed by atoms with Gasteiger partial charge in [0.1, 0.15) is 17.5 Å². The van der Waals surface area contributed by atoms with E-state index in [1.807, 2.05) is 20.8 Å². The van der Waals surface area contributed by atoms with Crippen molar-refractivity contribution in [3.8, 4) is 22.5 Å². The standard InChI is InChI=1S/C29H25F2N7O3/c1-5-22(39)34-21-9-8-17(30)13-19(21)24-35-23-18(10-11-32-25(23)36-24)15-6-7-16(20(31)12-15)14-33-26(40)27-37-28(38-41-27)29(2,3)4/h5-13H,1,14H2,2-4H3,(H,33,40)(H,34,39)(H,32,35,36). The second-order valence-corrected chi connectivity index (χ2v) is 10.2. The van der Waals surface area contributed by atoms with Crippen LogP contribution in [0.2, 0.25) is 0 Å². The molecule has 41 heavy (non-hydrogen) atoms. The first-order chi connectivity index (χ1) is 19.5. The number of rotatable bonds is 7. The van der Waals surface area contributed by atoms with Gasteiger partial charge in [-0.05, 0) is 42.0 Å². The topological polar surface area (TPSA) is 139 Å². The summed E-state index contributed by atoms with van der Waals surface area (Å²) in [7, 11) is 0. The lowest BCUT2D eigenvalue weighted by atomic mass is 9.96. The number of fused-ring (bicyclic) bond motifs is 1. The molecule has 12 heteroatoms. The maximum absolute atomic E-state index is 15.1. The number of hydrogen-bond acceptors (Lipinski definition) is 7. The maximum Gasteiger partial charge on any atom is 0.315 e. The van der Waals surface area contributed by atoms with Crippen molar-refractivity contribution in [1.29, 1.82) is 0 Å². The molecule has 0 fully saturated rings. The van der Waals surface area contributed by atoms with E-state index in [1.165, 1.54) is 30.5 Å². The summed E-state index contributed by atoms with van der Waals surface area (Å²) in [6, 6.07) is 10.1. The number of carbonyl (C=O) groups is 2. The summed E-state index contributed by atoms with van der Waals surface area (Å²) in [5, 5.41) is 9.04. The summed E-state index contributed by atoms with van der Waals surface area (Å²) in [5.41, 5.74) is 2.40. The van der Waals surface area contributed by atoms with Crippen molar-refractivity contribution in [3.05, 3.63) is 90.2 Å². The molecule has 0 saturated carbocycles. The molecule has 3 heterocycles. The molecule has 0 aliphatic rings. The van der Waals surface area contributed by atoms with E-state index in [2.05, 4.69) is 42.3 Å². The summed E-state index contributed by atoms with van der Waals surface area (Å²) >= 11 is 0. The summed E-state index contributed by atoms with van der Waals surface area (Å²) in [6.45, 7) is 9.00. The summed E-state index contributed by atoms with van der Waals surface area (Å²) in [6.07, 6.45) is 2.62. The molecule has 0 spiro atoms. The van der Waals surface area contributed by atoms with Gasteiger partial charge in [-0.15, -0.1) is 0 Å². The van der Waals surface area contributed by atoms with Gasteiger partial charge < -0.3 is 20.1 Å². The minimum Gasteiger partial charge on any atom is -0.344 e. The van der Waals surface area contributed by atoms with Crippen LogP contribution in [-0.4, -0.2) is 36.9 Å². The molecule has 2 aromatic carbocycles. The van der Waals surface area contributed by atoms with Gasteiger partial charge in [0.25, 0.3) is 0 Å². The number of nitrogens with zero attached hydrogens (tertiary/aromatic N) is 4. The number of pyridine rings is 1. The summed E-state index contributed by atoms with van der Waals surface area (Å²) < 4.78 is 34.3. The zero-order valence-corrected chi connectivity index (χ0v) is 22.4. The first-order valence-corrected chi connectivity index (χ1v) is 12.5. The van der Waals surface area contributed by atoms with Crippen LogP contribution < -0.4 is 10.6 Å². The molecule has 0 aliphatic carbocycles. The van der Waals surface area contributed by atoms with Gasteiger partial charge in [0.2, 0.25) is 5.91 Å². The highest BCUT2D eigenvalue weighted by atomic mass is 19.1. The second-order valence-electron chi connectivity index (χ2n) is 10.2. The molecule has 5 rings (SSSR count). The quantitative estimate of drug-likeness (QED) is 0.231. The van der Waals surface area contributed by atoms with Gasteiger partial charge in [0.05, 0.1) is 11.2 Å². The molecule has 0 atom stereocenters. The SMILES string of the molecule is C=CC(=O)Nc1ccc(F)cc1-c1nc2nccc(-c3ccc(CNC(=O)c4nc(C(C)(C)C)no4)c(F)c3)c2[nH]1. The van der Waals surface area contributed by atoms with Gasteiger partial charge in [0, 0.05) is 34.8 Å². The first-order valence-electron chi connectivity index (χ1n) is 12.5. The third-order valence-electron chi connectivity index (χ3n) is 6.17. The molecule has 0 radical (unpaired) electrons. The highest BCUT2D eigenvalue weighted by Crippen LogP contribution is 2.32. The van der Waals surface area contributed by atoms with Crippen LogP contribution in [0.15, 0.2) is 65.8 Å². The van der Waals surface area contributed by atoms with Crippen molar-refractivity contribution in [2.45, 2.75) is 32.7 Å². The van der Waals surface area contributed by atoms with Crippen LogP contribution in [0.3, 0.4) is 0 Å². The van der Waals surface area contributed by atoms with Gasteiger partial charge in [-0.2, -0.15) is 4.98 Å². The van der Waals surface area contributed by atoms with E-state index < -0.39 is 28.9 Å². The van der Waals surface area contributed by atoms with Crippen LogP contribution in [0.25, 0.3) is 33.7 Å². The summed E-state index contributed by atoms with van der Waals surface area (Å²) in [5.74, 6) is -1.71. The Morgan fingerprint density at radius 2 is 1.88 bits per heavy atom. The van der Waals surface area contributed by atoms with Crippen LogP contribution in [0.1, 0.15) is 42.8 Å². The van der Waals surface area contributed by atoms with Crippen LogP contribution in [0.4, 0.5) is 14.5 Å². The predicted octanol–water partition coefficient (Wildman–Crippen LogP) is 5.31. The largest absolute Gasteiger partial charge is 0.344 e. The Morgan fingerprint density at radius 1 is 1.07 bits per heavy atom. The minimum absolute atomic E-state index is 0.100. The van der Waals surface area contributed by atoms with Crippen LogP contribution in [0, 0.1) is 11.6 Å². The molecule has 2 amide bonds. The monoisotopic (exact) mass is 557 g/mol. The number of nitrogens with one attached hydrogen (secondary N) is 3. The molecule has 5 aromatic rings. The third-order valence-corrected chi connectivity index (χ3v) is 6.17. The number of aromatic amines is 1. The van der Waals surface area contributed by atoms with Crippen molar-refractivity contribution in [3.63, 3.8) is 0 Å². The molecule has 3 N–H and O–H groups in total. The van der Waals surface area contributed by atoms with Gasteiger partial charge in [0.15, 0.2) is 11.5 Å². The lowest BCUT2D eigenvalue weighted by molar-refractivity contribution is -0.111. The van der Waals surface area contributed by atoms with Crippen molar-refractivity contribution in [1.82, 2.24) is 30.4 Å². The van der Waals surface area contributed by atoms with Crippen LogP contribution in [0.5, 0.6) is 0 Å². The average Bonchev–Trinajstić information content (AvgIpc) is 3.61. The molecule has 0 aliphatic heterocycles. The predicted molar refractivity (Wildman–Crippen MR) is 148 cm³/mol.